The molecule has 0 bridgehead atoms. The Hall–Kier alpha value is -2.82. The number of anilines is 1. The van der Waals surface area contributed by atoms with Crippen molar-refractivity contribution in [3.63, 3.8) is 0 Å². The Kier molecular flexibility index (Phi) is 6.73. The smallest absolute Gasteiger partial charge is 0.239 e. The van der Waals surface area contributed by atoms with Crippen LogP contribution in [0.15, 0.2) is 6.08 Å². The molecule has 6 rings (SSSR count). The summed E-state index contributed by atoms with van der Waals surface area (Å²) in [6.07, 6.45) is 9.61. The minimum Gasteiger partial charge on any atom is -0.378 e. The van der Waals surface area contributed by atoms with E-state index in [1.165, 1.54) is 12.8 Å². The fourth-order valence-corrected chi connectivity index (χ4v) is 5.87. The van der Waals surface area contributed by atoms with Crippen molar-refractivity contribution < 1.29 is 4.74 Å². The fraction of sp³-hybridized carbons (Fsp3) is 0.630. The Morgan fingerprint density at radius 3 is 2.51 bits per heavy atom. The van der Waals surface area contributed by atoms with Crippen LogP contribution in [0.2, 0.25) is 0 Å². The first-order valence-electron chi connectivity index (χ1n) is 13.8. The molecule has 2 saturated heterocycles. The second kappa shape index (κ2) is 10.2. The molecule has 0 amide bonds. The zero-order valence-electron chi connectivity index (χ0n) is 22.7. The van der Waals surface area contributed by atoms with E-state index >= 15 is 0 Å². The Morgan fingerprint density at radius 1 is 1.00 bits per heavy atom. The molecule has 10 nitrogen and oxygen atoms in total. The molecule has 3 aromatic heterocycles. The highest BCUT2D eigenvalue weighted by atomic mass is 16.5. The summed E-state index contributed by atoms with van der Waals surface area (Å²) in [6, 6.07) is 0.668. The van der Waals surface area contributed by atoms with E-state index in [-0.39, 0.29) is 0 Å². The number of nitrogens with zero attached hydrogens (tertiary/aromatic N) is 9. The quantitative estimate of drug-likeness (QED) is 0.506. The number of allylic oxidation sites excluding steroid dienone is 1. The number of fused-ring (bicyclic) bond motifs is 2. The lowest BCUT2D eigenvalue weighted by molar-refractivity contribution is 0.122. The van der Waals surface area contributed by atoms with E-state index in [0.29, 0.717) is 25.2 Å². The van der Waals surface area contributed by atoms with Crippen molar-refractivity contribution in [1.82, 2.24) is 38.9 Å². The third-order valence-electron chi connectivity index (χ3n) is 8.14. The molecule has 0 radical (unpaired) electrons. The monoisotopic (exact) mass is 505 g/mol. The molecular formula is C27H39N9O. The second-order valence-electron chi connectivity index (χ2n) is 10.7. The number of ether oxygens (including phenoxy) is 1. The molecule has 10 heteroatoms. The summed E-state index contributed by atoms with van der Waals surface area (Å²) in [5, 5.41) is 0. The zero-order chi connectivity index (χ0) is 25.5. The number of likely N-dealkylation sites (tertiary alicyclic amines) is 1. The maximum Gasteiger partial charge on any atom is 0.239 e. The molecule has 37 heavy (non-hydrogen) atoms. The normalized spacial score (nSPS) is 19.3. The third-order valence-corrected chi connectivity index (χ3v) is 8.14. The molecule has 3 aromatic rings. The van der Waals surface area contributed by atoms with E-state index < -0.39 is 0 Å². The first kappa shape index (κ1) is 24.5. The van der Waals surface area contributed by atoms with E-state index in [2.05, 4.69) is 64.1 Å². The summed E-state index contributed by atoms with van der Waals surface area (Å²) in [5.41, 5.74) is 4.02. The Labute approximate surface area is 219 Å². The van der Waals surface area contributed by atoms with Gasteiger partial charge in [0, 0.05) is 45.7 Å². The molecule has 1 aliphatic carbocycles. The summed E-state index contributed by atoms with van der Waals surface area (Å²) in [6.45, 7) is 8.16. The van der Waals surface area contributed by atoms with Crippen LogP contribution in [0.1, 0.15) is 49.2 Å². The van der Waals surface area contributed by atoms with E-state index in [0.717, 1.165) is 92.0 Å². The maximum absolute atomic E-state index is 5.66. The SMILES string of the molecule is CCc1nc2c(n1-c1nc(N3CCOCC3)c3nc(CN4CCC(N(C)C)CC4)n(C)c3n1)C=CCC2. The Balaban J connectivity index is 1.42. The van der Waals surface area contributed by atoms with Crippen LogP contribution in [0.4, 0.5) is 5.82 Å². The van der Waals surface area contributed by atoms with Gasteiger partial charge < -0.3 is 19.1 Å². The van der Waals surface area contributed by atoms with Crippen LogP contribution >= 0.6 is 0 Å². The lowest BCUT2D eigenvalue weighted by Gasteiger charge is -2.34. The number of rotatable bonds is 6. The van der Waals surface area contributed by atoms with Crippen molar-refractivity contribution >= 4 is 23.1 Å². The molecule has 5 heterocycles. The highest BCUT2D eigenvalue weighted by Crippen LogP contribution is 2.30. The van der Waals surface area contributed by atoms with E-state index in [1.807, 2.05) is 0 Å². The van der Waals surface area contributed by atoms with Crippen molar-refractivity contribution in [2.24, 2.45) is 7.05 Å². The molecule has 2 aliphatic heterocycles. The van der Waals surface area contributed by atoms with Gasteiger partial charge in [-0.1, -0.05) is 13.0 Å². The maximum atomic E-state index is 5.66. The number of morpholine rings is 1. The first-order chi connectivity index (χ1) is 18.0. The van der Waals surface area contributed by atoms with Gasteiger partial charge in [-0.3, -0.25) is 9.47 Å². The number of piperidine rings is 1. The predicted octanol–water partition coefficient (Wildman–Crippen LogP) is 2.43. The fourth-order valence-electron chi connectivity index (χ4n) is 5.87. The van der Waals surface area contributed by atoms with Gasteiger partial charge >= 0.3 is 0 Å². The van der Waals surface area contributed by atoms with Crippen LogP contribution in [0.25, 0.3) is 23.2 Å². The van der Waals surface area contributed by atoms with Crippen LogP contribution in [0.5, 0.6) is 0 Å². The van der Waals surface area contributed by atoms with Gasteiger partial charge in [-0.25, -0.2) is 9.97 Å². The largest absolute Gasteiger partial charge is 0.378 e. The van der Waals surface area contributed by atoms with Gasteiger partial charge in [0.1, 0.15) is 11.6 Å². The molecule has 0 N–H and O–H groups in total. The Bertz CT molecular complexity index is 1290. The highest BCUT2D eigenvalue weighted by Gasteiger charge is 2.27. The standard InChI is InChI=1S/C27H39N9O/c1-5-22-28-20-8-6-7-9-21(20)36(22)27-30-25-24(26(31-27)35-14-16-37-17-15-35)29-23(33(25)4)18-34-12-10-19(11-13-34)32(2)3/h7,9,19H,5-6,8,10-18H2,1-4H3. The minimum absolute atomic E-state index is 0.668. The average molecular weight is 506 g/mol. The number of hydrogen-bond donors (Lipinski definition) is 0. The zero-order valence-corrected chi connectivity index (χ0v) is 22.7. The third kappa shape index (κ3) is 4.55. The van der Waals surface area contributed by atoms with Gasteiger partial charge in [0.05, 0.1) is 31.1 Å². The molecule has 0 aromatic carbocycles. The summed E-state index contributed by atoms with van der Waals surface area (Å²) >= 11 is 0. The molecular weight excluding hydrogens is 466 g/mol. The van der Waals surface area contributed by atoms with Crippen LogP contribution in [-0.2, 0) is 31.2 Å². The van der Waals surface area contributed by atoms with Gasteiger partial charge in [0.2, 0.25) is 5.95 Å². The van der Waals surface area contributed by atoms with Crippen molar-refractivity contribution in [1.29, 1.82) is 0 Å². The van der Waals surface area contributed by atoms with E-state index in [4.69, 9.17) is 24.7 Å². The molecule has 0 saturated carbocycles. The molecule has 0 atom stereocenters. The van der Waals surface area contributed by atoms with Crippen LogP contribution in [-0.4, -0.2) is 98.4 Å². The number of imidazole rings is 2. The van der Waals surface area contributed by atoms with E-state index in [1.54, 1.807) is 0 Å². The van der Waals surface area contributed by atoms with Crippen molar-refractivity contribution in [3.8, 4) is 5.95 Å². The van der Waals surface area contributed by atoms with Crippen molar-refractivity contribution in [2.45, 2.75) is 51.6 Å². The number of aryl methyl sites for hydroxylation is 3. The summed E-state index contributed by atoms with van der Waals surface area (Å²) < 4.78 is 9.99. The van der Waals surface area contributed by atoms with Crippen molar-refractivity contribution in [2.75, 3.05) is 58.4 Å². The molecule has 198 valence electrons. The molecule has 0 spiro atoms. The average Bonchev–Trinajstić information content (AvgIpc) is 3.46. The van der Waals surface area contributed by atoms with Gasteiger partial charge in [-0.05, 0) is 45.9 Å². The first-order valence-corrected chi connectivity index (χ1v) is 13.8. The summed E-state index contributed by atoms with van der Waals surface area (Å²) in [7, 11) is 6.47. The van der Waals surface area contributed by atoms with Crippen LogP contribution < -0.4 is 4.90 Å². The molecule has 3 aliphatic rings. The molecule has 2 fully saturated rings. The predicted molar refractivity (Wildman–Crippen MR) is 145 cm³/mol. The highest BCUT2D eigenvalue weighted by molar-refractivity contribution is 5.85. The number of hydrogen-bond acceptors (Lipinski definition) is 8. The van der Waals surface area contributed by atoms with Gasteiger partial charge in [-0.15, -0.1) is 0 Å². The lowest BCUT2D eigenvalue weighted by atomic mass is 10.0. The van der Waals surface area contributed by atoms with Gasteiger partial charge in [0.25, 0.3) is 0 Å². The van der Waals surface area contributed by atoms with Crippen LogP contribution in [0.3, 0.4) is 0 Å². The lowest BCUT2D eigenvalue weighted by Crippen LogP contribution is -2.41. The van der Waals surface area contributed by atoms with Gasteiger partial charge in [0.15, 0.2) is 17.0 Å². The van der Waals surface area contributed by atoms with Crippen molar-refractivity contribution in [3.05, 3.63) is 29.1 Å². The number of aromatic nitrogens is 6. The second-order valence-corrected chi connectivity index (χ2v) is 10.7. The van der Waals surface area contributed by atoms with Gasteiger partial charge in [-0.2, -0.15) is 9.97 Å². The summed E-state index contributed by atoms with van der Waals surface area (Å²) in [4.78, 5) is 27.6. The molecule has 0 unspecified atom stereocenters. The topological polar surface area (TPSA) is 80.4 Å². The Morgan fingerprint density at radius 2 is 1.78 bits per heavy atom. The van der Waals surface area contributed by atoms with E-state index in [9.17, 15) is 0 Å². The summed E-state index contributed by atoms with van der Waals surface area (Å²) in [5.74, 6) is 3.64. The van der Waals surface area contributed by atoms with Crippen LogP contribution in [0, 0.1) is 0 Å². The minimum atomic E-state index is 0.668.